The van der Waals surface area contributed by atoms with Crippen LogP contribution in [0.15, 0.2) is 33.6 Å². The predicted octanol–water partition coefficient (Wildman–Crippen LogP) is 4.58. The summed E-state index contributed by atoms with van der Waals surface area (Å²) in [6.07, 6.45) is 0.586. The van der Waals surface area contributed by atoms with E-state index in [4.69, 9.17) is 0 Å². The molecule has 0 bridgehead atoms. The average molecular weight is 344 g/mol. The molecular weight excluding hydrogens is 322 g/mol. The molecule has 0 spiro atoms. The van der Waals surface area contributed by atoms with Crippen molar-refractivity contribution in [2.24, 2.45) is 0 Å². The van der Waals surface area contributed by atoms with E-state index in [2.05, 4.69) is 49.7 Å². The molecule has 0 fully saturated rings. The van der Waals surface area contributed by atoms with Gasteiger partial charge in [0.25, 0.3) is 0 Å². The van der Waals surface area contributed by atoms with E-state index in [-0.39, 0.29) is 18.0 Å². The second-order valence-electron chi connectivity index (χ2n) is 5.02. The monoisotopic (exact) mass is 343 g/mol. The van der Waals surface area contributed by atoms with E-state index in [9.17, 15) is 4.79 Å². The van der Waals surface area contributed by atoms with Crippen LogP contribution in [0.2, 0.25) is 0 Å². The Morgan fingerprint density at radius 2 is 1.79 bits per heavy atom. The lowest BCUT2D eigenvalue weighted by Gasteiger charge is -2.30. The minimum absolute atomic E-state index is 0.240. The molecule has 0 atom stereocenters. The summed E-state index contributed by atoms with van der Waals surface area (Å²) in [4.78, 5) is 15.4. The van der Waals surface area contributed by atoms with Crippen LogP contribution in [-0.2, 0) is 4.79 Å². The summed E-state index contributed by atoms with van der Waals surface area (Å²) < 4.78 is 1.09. The van der Waals surface area contributed by atoms with Crippen LogP contribution in [0.3, 0.4) is 0 Å². The maximum absolute atomic E-state index is 12.2. The smallest absolute Gasteiger partial charge is 0.223 e. The number of hydrogen-bond acceptors (Lipinski definition) is 2. The molecule has 106 valence electrons. The molecule has 1 amide bonds. The third kappa shape index (κ3) is 5.19. The normalized spacial score (nSPS) is 11.1. The van der Waals surface area contributed by atoms with Gasteiger partial charge in [0.1, 0.15) is 0 Å². The van der Waals surface area contributed by atoms with E-state index in [0.29, 0.717) is 6.42 Å². The van der Waals surface area contributed by atoms with Gasteiger partial charge >= 0.3 is 0 Å². The molecule has 2 nitrogen and oxygen atoms in total. The Labute approximate surface area is 129 Å². The molecule has 0 N–H and O–H groups in total. The van der Waals surface area contributed by atoms with Crippen molar-refractivity contribution in [3.63, 3.8) is 0 Å². The van der Waals surface area contributed by atoms with Crippen LogP contribution in [0.25, 0.3) is 0 Å². The Morgan fingerprint density at radius 3 is 2.32 bits per heavy atom. The largest absolute Gasteiger partial charge is 0.338 e. The summed E-state index contributed by atoms with van der Waals surface area (Å²) in [6.45, 7) is 8.27. The number of carbonyl (C=O) groups excluding carboxylic acids is 1. The second-order valence-corrected chi connectivity index (χ2v) is 7.01. The van der Waals surface area contributed by atoms with Gasteiger partial charge in [-0.25, -0.2) is 0 Å². The Kier molecular flexibility index (Phi) is 6.94. The summed E-state index contributed by atoms with van der Waals surface area (Å²) >= 11 is 5.24. The van der Waals surface area contributed by atoms with Crippen molar-refractivity contribution in [1.29, 1.82) is 0 Å². The van der Waals surface area contributed by atoms with E-state index in [0.717, 1.165) is 10.2 Å². The third-order valence-corrected chi connectivity index (χ3v) is 4.84. The molecule has 0 aliphatic rings. The summed E-state index contributed by atoms with van der Waals surface area (Å²) in [7, 11) is 0. The molecule has 4 heteroatoms. The lowest BCUT2D eigenvalue weighted by molar-refractivity contribution is -0.134. The van der Waals surface area contributed by atoms with Crippen LogP contribution in [0.1, 0.15) is 34.1 Å². The van der Waals surface area contributed by atoms with Crippen LogP contribution in [0, 0.1) is 0 Å². The van der Waals surface area contributed by atoms with E-state index < -0.39 is 0 Å². The fraction of sp³-hybridized carbons (Fsp3) is 0.533. The van der Waals surface area contributed by atoms with Gasteiger partial charge in [-0.05, 0) is 55.8 Å². The highest BCUT2D eigenvalue weighted by Gasteiger charge is 2.19. The maximum atomic E-state index is 12.2. The highest BCUT2D eigenvalue weighted by Crippen LogP contribution is 2.27. The molecule has 0 aliphatic heterocycles. The van der Waals surface area contributed by atoms with Crippen molar-refractivity contribution in [2.75, 3.05) is 5.75 Å². The molecule has 0 saturated carbocycles. The van der Waals surface area contributed by atoms with Gasteiger partial charge in [-0.1, -0.05) is 12.1 Å². The number of carbonyl (C=O) groups is 1. The minimum atomic E-state index is 0.240. The maximum Gasteiger partial charge on any atom is 0.223 e. The van der Waals surface area contributed by atoms with Gasteiger partial charge in [0, 0.05) is 33.6 Å². The first-order chi connectivity index (χ1) is 8.93. The summed E-state index contributed by atoms with van der Waals surface area (Å²) in [6, 6.07) is 8.64. The number of benzene rings is 1. The Morgan fingerprint density at radius 1 is 1.21 bits per heavy atom. The Bertz CT molecular complexity index is 412. The van der Waals surface area contributed by atoms with Crippen LogP contribution in [0.4, 0.5) is 0 Å². The fourth-order valence-corrected chi connectivity index (χ4v) is 3.62. The first-order valence-electron chi connectivity index (χ1n) is 6.62. The van der Waals surface area contributed by atoms with Crippen LogP contribution in [0.5, 0.6) is 0 Å². The van der Waals surface area contributed by atoms with Gasteiger partial charge < -0.3 is 4.90 Å². The zero-order valence-electron chi connectivity index (χ0n) is 12.0. The zero-order valence-corrected chi connectivity index (χ0v) is 14.4. The van der Waals surface area contributed by atoms with Crippen molar-refractivity contribution in [3.8, 4) is 0 Å². The van der Waals surface area contributed by atoms with E-state index in [1.54, 1.807) is 11.8 Å². The predicted molar refractivity (Wildman–Crippen MR) is 86.6 cm³/mol. The Hall–Kier alpha value is -0.480. The molecule has 1 aromatic carbocycles. The SMILES string of the molecule is CC(C)N(C(=O)CCSc1ccccc1Br)C(C)C. The van der Waals surface area contributed by atoms with Crippen molar-refractivity contribution in [2.45, 2.75) is 51.1 Å². The number of thioether (sulfide) groups is 1. The highest BCUT2D eigenvalue weighted by atomic mass is 79.9. The van der Waals surface area contributed by atoms with E-state index in [1.165, 1.54) is 4.90 Å². The summed E-state index contributed by atoms with van der Waals surface area (Å²) in [5.41, 5.74) is 0. The fourth-order valence-electron chi connectivity index (χ4n) is 2.11. The van der Waals surface area contributed by atoms with Crippen molar-refractivity contribution >= 4 is 33.6 Å². The van der Waals surface area contributed by atoms with Crippen LogP contribution in [-0.4, -0.2) is 28.6 Å². The highest BCUT2D eigenvalue weighted by molar-refractivity contribution is 9.10. The number of rotatable bonds is 6. The van der Waals surface area contributed by atoms with Gasteiger partial charge in [-0.2, -0.15) is 0 Å². The van der Waals surface area contributed by atoms with Crippen molar-refractivity contribution in [1.82, 2.24) is 4.90 Å². The summed E-state index contributed by atoms with van der Waals surface area (Å²) in [5, 5.41) is 0. The quantitative estimate of drug-likeness (QED) is 0.704. The van der Waals surface area contributed by atoms with Crippen LogP contribution >= 0.6 is 27.7 Å². The van der Waals surface area contributed by atoms with Gasteiger partial charge in [0.05, 0.1) is 0 Å². The first-order valence-corrected chi connectivity index (χ1v) is 8.39. The second kappa shape index (κ2) is 7.95. The molecule has 0 aliphatic carbocycles. The number of nitrogens with zero attached hydrogens (tertiary/aromatic N) is 1. The lowest BCUT2D eigenvalue weighted by atomic mass is 10.2. The molecule has 1 aromatic rings. The van der Waals surface area contributed by atoms with Gasteiger partial charge in [-0.15, -0.1) is 11.8 Å². The van der Waals surface area contributed by atoms with Gasteiger partial charge in [0.2, 0.25) is 5.91 Å². The molecule has 0 saturated heterocycles. The van der Waals surface area contributed by atoms with Crippen LogP contribution < -0.4 is 0 Å². The summed E-state index contributed by atoms with van der Waals surface area (Å²) in [5.74, 6) is 1.06. The standard InChI is InChI=1S/C15H22BrNOS/c1-11(2)17(12(3)4)15(18)9-10-19-14-8-6-5-7-13(14)16/h5-8,11-12H,9-10H2,1-4H3. The topological polar surface area (TPSA) is 20.3 Å². The first kappa shape index (κ1) is 16.6. The number of hydrogen-bond donors (Lipinski definition) is 0. The number of halogens is 1. The molecule has 0 unspecified atom stereocenters. The zero-order chi connectivity index (χ0) is 14.4. The van der Waals surface area contributed by atoms with Gasteiger partial charge in [-0.3, -0.25) is 4.79 Å². The van der Waals surface area contributed by atoms with E-state index >= 15 is 0 Å². The van der Waals surface area contributed by atoms with E-state index in [1.807, 2.05) is 23.1 Å². The molecule has 0 heterocycles. The van der Waals surface area contributed by atoms with Gasteiger partial charge in [0.15, 0.2) is 0 Å². The number of amides is 1. The Balaban J connectivity index is 2.49. The molecule has 1 rings (SSSR count). The minimum Gasteiger partial charge on any atom is -0.338 e. The van der Waals surface area contributed by atoms with Crippen molar-refractivity contribution < 1.29 is 4.79 Å². The average Bonchev–Trinajstić information content (AvgIpc) is 2.30. The third-order valence-electron chi connectivity index (χ3n) is 2.81. The lowest BCUT2D eigenvalue weighted by Crippen LogP contribution is -2.42. The molecular formula is C15H22BrNOS. The molecule has 19 heavy (non-hydrogen) atoms. The van der Waals surface area contributed by atoms with Crippen molar-refractivity contribution in [3.05, 3.63) is 28.7 Å². The molecule has 0 radical (unpaired) electrons. The molecule has 0 aromatic heterocycles.